The van der Waals surface area contributed by atoms with Crippen LogP contribution >= 0.6 is 23.6 Å². The zero-order valence-electron chi connectivity index (χ0n) is 18.5. The number of carbonyl (C=O) groups excluding carboxylic acids is 1. The highest BCUT2D eigenvalue weighted by molar-refractivity contribution is 7.80. The summed E-state index contributed by atoms with van der Waals surface area (Å²) in [5.41, 5.74) is 3.90. The Hall–Kier alpha value is -2.75. The van der Waals surface area contributed by atoms with Crippen LogP contribution in [0.2, 0.25) is 0 Å². The molecule has 0 bridgehead atoms. The van der Waals surface area contributed by atoms with Gasteiger partial charge in [-0.25, -0.2) is 4.79 Å². The normalized spacial score (nSPS) is 14.4. The third kappa shape index (κ3) is 5.01. The maximum atomic E-state index is 12.4. The topological polar surface area (TPSA) is 62.6 Å². The van der Waals surface area contributed by atoms with Crippen molar-refractivity contribution in [2.24, 2.45) is 7.05 Å². The van der Waals surface area contributed by atoms with Crippen molar-refractivity contribution in [3.8, 4) is 10.4 Å². The van der Waals surface area contributed by atoms with Gasteiger partial charge in [-0.1, -0.05) is 30.3 Å². The quantitative estimate of drug-likeness (QED) is 0.451. The van der Waals surface area contributed by atoms with Crippen LogP contribution in [0.25, 0.3) is 10.4 Å². The van der Waals surface area contributed by atoms with E-state index in [1.165, 1.54) is 24.0 Å². The van der Waals surface area contributed by atoms with Gasteiger partial charge >= 0.3 is 5.97 Å². The molecule has 0 spiro atoms. The summed E-state index contributed by atoms with van der Waals surface area (Å²) in [6.45, 7) is 6.43. The highest BCUT2D eigenvalue weighted by atomic mass is 32.1. The number of thiocarbonyl (C=S) groups is 1. The molecule has 1 N–H and O–H groups in total. The number of nitrogens with one attached hydrogen (secondary N) is 1. The first kappa shape index (κ1) is 22.4. The molecule has 3 heterocycles. The predicted octanol–water partition coefficient (Wildman–Crippen LogP) is 3.76. The summed E-state index contributed by atoms with van der Waals surface area (Å²) in [6, 6.07) is 11.9. The van der Waals surface area contributed by atoms with Gasteiger partial charge in [-0.15, -0.1) is 11.3 Å². The van der Waals surface area contributed by atoms with Gasteiger partial charge in [0, 0.05) is 56.4 Å². The molecule has 0 amide bonds. The highest BCUT2D eigenvalue weighted by Crippen LogP contribution is 2.36. The number of anilines is 1. The van der Waals surface area contributed by atoms with E-state index in [4.69, 9.17) is 17.0 Å². The molecule has 9 heteroatoms. The molecule has 3 aromatic rings. The first-order valence-corrected chi connectivity index (χ1v) is 11.7. The number of hydrogen-bond acceptors (Lipinski definition) is 6. The van der Waals surface area contributed by atoms with Crippen LogP contribution in [0, 0.1) is 6.92 Å². The molecule has 7 nitrogen and oxygen atoms in total. The Morgan fingerprint density at radius 3 is 2.56 bits per heavy atom. The minimum Gasteiger partial charge on any atom is -0.465 e. The van der Waals surface area contributed by atoms with Crippen molar-refractivity contribution in [3.05, 3.63) is 59.4 Å². The fraction of sp³-hybridized carbons (Fsp3) is 0.348. The summed E-state index contributed by atoms with van der Waals surface area (Å²) in [5, 5.41) is 9.09. The van der Waals surface area contributed by atoms with E-state index in [-0.39, 0.29) is 5.97 Å². The van der Waals surface area contributed by atoms with Crippen molar-refractivity contribution in [2.45, 2.75) is 13.5 Å². The first-order chi connectivity index (χ1) is 15.4. The van der Waals surface area contributed by atoms with Crippen molar-refractivity contribution in [2.75, 3.05) is 38.6 Å². The molecular weight excluding hydrogens is 442 g/mol. The second-order valence-electron chi connectivity index (χ2n) is 7.82. The highest BCUT2D eigenvalue weighted by Gasteiger charge is 2.23. The molecule has 1 aliphatic rings. The molecule has 0 aliphatic carbocycles. The Morgan fingerprint density at radius 1 is 1.22 bits per heavy atom. The maximum absolute atomic E-state index is 12.4. The molecule has 0 radical (unpaired) electrons. The number of thiophene rings is 1. The SMILES string of the molecule is COC(=O)c1cc(-c2ccccc2)sc1NC(=S)N1CCN(Cc2cn(C)nc2C)CC1. The lowest BCUT2D eigenvalue weighted by Crippen LogP contribution is -2.49. The lowest BCUT2D eigenvalue weighted by atomic mass is 10.1. The summed E-state index contributed by atoms with van der Waals surface area (Å²) in [5.74, 6) is -0.370. The van der Waals surface area contributed by atoms with Crippen LogP contribution in [0.3, 0.4) is 0 Å². The van der Waals surface area contributed by atoms with E-state index in [1.807, 2.05) is 55.1 Å². The fourth-order valence-corrected chi connectivity index (χ4v) is 5.22. The standard InChI is InChI=1S/C23H27N5O2S2/c1-16-18(14-26(2)25-16)15-27-9-11-28(12-10-27)23(31)24-21-19(22(29)30-3)13-20(32-21)17-7-5-4-6-8-17/h4-8,13-14H,9-12,15H2,1-3H3,(H,24,31). The van der Waals surface area contributed by atoms with Crippen molar-refractivity contribution in [1.82, 2.24) is 19.6 Å². The first-order valence-electron chi connectivity index (χ1n) is 10.5. The van der Waals surface area contributed by atoms with Crippen molar-refractivity contribution < 1.29 is 9.53 Å². The number of aryl methyl sites for hydroxylation is 2. The zero-order valence-corrected chi connectivity index (χ0v) is 20.1. The predicted molar refractivity (Wildman–Crippen MR) is 132 cm³/mol. The molecular formula is C23H27N5O2S2. The number of ether oxygens (including phenoxy) is 1. The van der Waals surface area contributed by atoms with Gasteiger partial charge in [0.25, 0.3) is 0 Å². The van der Waals surface area contributed by atoms with E-state index >= 15 is 0 Å². The van der Waals surface area contributed by atoms with Crippen LogP contribution in [-0.2, 0) is 18.3 Å². The van der Waals surface area contributed by atoms with Crippen molar-refractivity contribution in [3.63, 3.8) is 0 Å². The van der Waals surface area contributed by atoms with Gasteiger partial charge in [0.15, 0.2) is 5.11 Å². The Bertz CT molecular complexity index is 1100. The van der Waals surface area contributed by atoms with Gasteiger partial charge in [0.1, 0.15) is 5.00 Å². The summed E-state index contributed by atoms with van der Waals surface area (Å²) < 4.78 is 6.86. The third-order valence-electron chi connectivity index (χ3n) is 5.58. The molecule has 1 aromatic carbocycles. The third-order valence-corrected chi connectivity index (χ3v) is 7.04. The summed E-state index contributed by atoms with van der Waals surface area (Å²) in [7, 11) is 3.35. The molecule has 1 saturated heterocycles. The summed E-state index contributed by atoms with van der Waals surface area (Å²) in [4.78, 5) is 17.9. The van der Waals surface area contributed by atoms with Crippen LogP contribution < -0.4 is 5.32 Å². The smallest absolute Gasteiger partial charge is 0.340 e. The van der Waals surface area contributed by atoms with Crippen LogP contribution in [0.4, 0.5) is 5.00 Å². The minimum absolute atomic E-state index is 0.370. The molecule has 4 rings (SSSR count). The van der Waals surface area contributed by atoms with Gasteiger partial charge in [0.05, 0.1) is 18.4 Å². The molecule has 0 unspecified atom stereocenters. The van der Waals surface area contributed by atoms with Crippen molar-refractivity contribution >= 4 is 39.6 Å². The molecule has 0 atom stereocenters. The fourth-order valence-electron chi connectivity index (χ4n) is 3.82. The number of aromatic nitrogens is 2. The lowest BCUT2D eigenvalue weighted by molar-refractivity contribution is 0.0602. The van der Waals surface area contributed by atoms with Crippen LogP contribution in [0.1, 0.15) is 21.6 Å². The van der Waals surface area contributed by atoms with E-state index in [2.05, 4.69) is 26.4 Å². The Labute approximate surface area is 197 Å². The van der Waals surface area contributed by atoms with E-state index in [1.54, 1.807) is 0 Å². The van der Waals surface area contributed by atoms with Crippen LogP contribution in [0.5, 0.6) is 0 Å². The summed E-state index contributed by atoms with van der Waals surface area (Å²) >= 11 is 7.20. The number of methoxy groups -OCH3 is 1. The molecule has 32 heavy (non-hydrogen) atoms. The van der Waals surface area contributed by atoms with E-state index in [0.717, 1.165) is 48.9 Å². The number of hydrogen-bond donors (Lipinski definition) is 1. The molecule has 1 fully saturated rings. The Balaban J connectivity index is 1.41. The lowest BCUT2D eigenvalue weighted by Gasteiger charge is -2.36. The van der Waals surface area contributed by atoms with Gasteiger partial charge in [-0.3, -0.25) is 9.58 Å². The monoisotopic (exact) mass is 469 g/mol. The van der Waals surface area contributed by atoms with E-state index in [0.29, 0.717) is 15.7 Å². The van der Waals surface area contributed by atoms with E-state index in [9.17, 15) is 4.79 Å². The minimum atomic E-state index is -0.370. The second kappa shape index (κ2) is 9.81. The zero-order chi connectivity index (χ0) is 22.7. The second-order valence-corrected chi connectivity index (χ2v) is 9.26. The van der Waals surface area contributed by atoms with E-state index < -0.39 is 0 Å². The number of piperazine rings is 1. The van der Waals surface area contributed by atoms with Crippen LogP contribution in [-0.4, -0.2) is 64.0 Å². The average molecular weight is 470 g/mol. The van der Waals surface area contributed by atoms with Gasteiger partial charge in [-0.05, 0) is 30.8 Å². The van der Waals surface area contributed by atoms with Gasteiger partial charge in [-0.2, -0.15) is 5.10 Å². The number of nitrogens with zero attached hydrogens (tertiary/aromatic N) is 4. The van der Waals surface area contributed by atoms with Gasteiger partial charge < -0.3 is 15.0 Å². The number of esters is 1. The maximum Gasteiger partial charge on any atom is 0.340 e. The molecule has 2 aromatic heterocycles. The molecule has 168 valence electrons. The number of benzene rings is 1. The number of carbonyl (C=O) groups is 1. The molecule has 1 aliphatic heterocycles. The molecule has 0 saturated carbocycles. The largest absolute Gasteiger partial charge is 0.465 e. The Kier molecular flexibility index (Phi) is 6.88. The summed E-state index contributed by atoms with van der Waals surface area (Å²) in [6.07, 6.45) is 2.09. The van der Waals surface area contributed by atoms with Crippen LogP contribution in [0.15, 0.2) is 42.6 Å². The number of rotatable bonds is 5. The average Bonchev–Trinajstić information content (AvgIpc) is 3.36. The van der Waals surface area contributed by atoms with Gasteiger partial charge in [0.2, 0.25) is 0 Å². The Morgan fingerprint density at radius 2 is 1.94 bits per heavy atom. The van der Waals surface area contributed by atoms with Crippen molar-refractivity contribution in [1.29, 1.82) is 0 Å².